The number of nitrogens with zero attached hydrogens (tertiary/aromatic N) is 2. The van der Waals surface area contributed by atoms with Crippen LogP contribution in [-0.2, 0) is 23.4 Å². The minimum Gasteiger partial charge on any atom is -0.330 e. The van der Waals surface area contributed by atoms with Crippen LogP contribution in [0, 0.1) is 11.2 Å². The minimum atomic E-state index is -0.333. The molecule has 0 bridgehead atoms. The number of hydrogen-bond acceptors (Lipinski definition) is 2. The average molecular weight is 513 g/mol. The van der Waals surface area contributed by atoms with Crippen molar-refractivity contribution >= 4 is 11.6 Å². The standard InChI is InChI=1S/C29H34FN3O.V.H2/c1-21(7-6-8-22(2)19-28(34)32-25-12-10-24(30)11-13-25)9-14-26-23(3)27(15-16-29(26,4)5)33-18-17-31-20-33;;/h6-14,17-20,27H,15-16H2,1-5H3,(H,32,34);;1H/b8-6+,14-9+,21-7+,22-19+;;. The first-order chi connectivity index (χ1) is 16.2. The number of anilines is 1. The number of benzene rings is 1. The summed E-state index contributed by atoms with van der Waals surface area (Å²) in [6.45, 7) is 10.8. The summed E-state index contributed by atoms with van der Waals surface area (Å²) in [4.78, 5) is 16.4. The van der Waals surface area contributed by atoms with E-state index in [0.29, 0.717) is 11.7 Å². The van der Waals surface area contributed by atoms with E-state index in [1.165, 1.54) is 41.5 Å². The largest absolute Gasteiger partial charge is 0.330 e. The third-order valence-corrected chi connectivity index (χ3v) is 6.28. The summed E-state index contributed by atoms with van der Waals surface area (Å²) in [5.41, 5.74) is 5.40. The Morgan fingerprint density at radius 3 is 2.57 bits per heavy atom. The van der Waals surface area contributed by atoms with Gasteiger partial charge < -0.3 is 9.88 Å². The zero-order valence-electron chi connectivity index (χ0n) is 21.1. The maximum atomic E-state index is 13.0. The van der Waals surface area contributed by atoms with Crippen molar-refractivity contribution in [2.45, 2.75) is 53.5 Å². The molecule has 0 fully saturated rings. The number of amides is 1. The van der Waals surface area contributed by atoms with Gasteiger partial charge in [0, 0.05) is 44.1 Å². The van der Waals surface area contributed by atoms with Gasteiger partial charge in [0.1, 0.15) is 5.82 Å². The SMILES string of the molecule is CC1=C(/C=C/C(C)=C/C=C/C(C)=C/C(=O)Nc2ccc(F)cc2)C(C)(C)CCC1n1ccnc1.[HH].[V]. The maximum Gasteiger partial charge on any atom is 0.248 e. The second kappa shape index (κ2) is 12.7. The van der Waals surface area contributed by atoms with Crippen LogP contribution < -0.4 is 5.32 Å². The first kappa shape index (κ1) is 28.4. The van der Waals surface area contributed by atoms with Crippen molar-refractivity contribution in [3.8, 4) is 0 Å². The minimum absolute atomic E-state index is 0. The summed E-state index contributed by atoms with van der Waals surface area (Å²) in [6, 6.07) is 6.06. The summed E-state index contributed by atoms with van der Waals surface area (Å²) in [7, 11) is 0. The average Bonchev–Trinajstić information content (AvgIpc) is 3.29. The summed E-state index contributed by atoms with van der Waals surface area (Å²) < 4.78 is 15.2. The van der Waals surface area contributed by atoms with E-state index in [0.717, 1.165) is 24.0 Å². The molecule has 4 nitrogen and oxygen atoms in total. The van der Waals surface area contributed by atoms with Crippen LogP contribution in [0.1, 0.15) is 54.9 Å². The number of carbonyl (C=O) groups excluding carboxylic acids is 1. The van der Waals surface area contributed by atoms with E-state index in [2.05, 4.69) is 54.7 Å². The van der Waals surface area contributed by atoms with Crippen LogP contribution >= 0.6 is 0 Å². The Balaban J connectivity index is 0.00000324. The molecule has 1 N–H and O–H groups in total. The smallest absolute Gasteiger partial charge is 0.248 e. The van der Waals surface area contributed by atoms with Gasteiger partial charge in [0.2, 0.25) is 5.91 Å². The predicted molar refractivity (Wildman–Crippen MR) is 140 cm³/mol. The van der Waals surface area contributed by atoms with Gasteiger partial charge in [0.05, 0.1) is 12.4 Å². The predicted octanol–water partition coefficient (Wildman–Crippen LogP) is 7.59. The van der Waals surface area contributed by atoms with Crippen molar-refractivity contribution in [1.82, 2.24) is 9.55 Å². The third kappa shape index (κ3) is 8.09. The molecule has 6 heteroatoms. The molecule has 0 saturated heterocycles. The number of imidazole rings is 1. The fourth-order valence-corrected chi connectivity index (χ4v) is 4.33. The molecule has 1 unspecified atom stereocenters. The van der Waals surface area contributed by atoms with E-state index >= 15 is 0 Å². The van der Waals surface area contributed by atoms with Crippen molar-refractivity contribution in [2.75, 3.05) is 5.32 Å². The van der Waals surface area contributed by atoms with Crippen LogP contribution in [0.15, 0.2) is 102 Å². The van der Waals surface area contributed by atoms with Crippen molar-refractivity contribution in [2.24, 2.45) is 5.41 Å². The molecular weight excluding hydrogens is 476 g/mol. The molecule has 2 aromatic rings. The van der Waals surface area contributed by atoms with Crippen molar-refractivity contribution in [1.29, 1.82) is 0 Å². The number of nitrogens with one attached hydrogen (secondary N) is 1. The van der Waals surface area contributed by atoms with Gasteiger partial charge >= 0.3 is 0 Å². The fourth-order valence-electron chi connectivity index (χ4n) is 4.33. The Morgan fingerprint density at radius 1 is 1.20 bits per heavy atom. The van der Waals surface area contributed by atoms with Crippen LogP contribution in [0.25, 0.3) is 0 Å². The van der Waals surface area contributed by atoms with Gasteiger partial charge in [-0.05, 0) is 80.0 Å². The first-order valence-corrected chi connectivity index (χ1v) is 11.6. The molecule has 185 valence electrons. The van der Waals surface area contributed by atoms with E-state index in [1.54, 1.807) is 0 Å². The number of rotatable bonds is 7. The van der Waals surface area contributed by atoms with Crippen LogP contribution in [0.3, 0.4) is 0 Å². The number of halogens is 1. The zero-order chi connectivity index (χ0) is 24.7. The third-order valence-electron chi connectivity index (χ3n) is 6.28. The van der Waals surface area contributed by atoms with Gasteiger partial charge in [0.25, 0.3) is 0 Å². The van der Waals surface area contributed by atoms with E-state index in [-0.39, 0.29) is 37.1 Å². The van der Waals surface area contributed by atoms with Gasteiger partial charge in [-0.1, -0.05) is 49.8 Å². The summed E-state index contributed by atoms with van der Waals surface area (Å²) in [5.74, 6) is -0.580. The molecule has 1 aliphatic rings. The van der Waals surface area contributed by atoms with Gasteiger partial charge in [-0.3, -0.25) is 4.79 Å². The van der Waals surface area contributed by atoms with Crippen molar-refractivity contribution < 1.29 is 29.2 Å². The molecule has 3 rings (SSSR count). The fraction of sp³-hybridized carbons (Fsp3) is 0.310. The molecular formula is C29H36FN3OV. The van der Waals surface area contributed by atoms with Crippen molar-refractivity contribution in [3.05, 3.63) is 108 Å². The Labute approximate surface area is 221 Å². The van der Waals surface area contributed by atoms with Crippen LogP contribution in [0.5, 0.6) is 0 Å². The molecule has 1 amide bonds. The van der Waals surface area contributed by atoms with Gasteiger partial charge in [0.15, 0.2) is 0 Å². The molecule has 1 radical (unpaired) electrons. The molecule has 1 heterocycles. The van der Waals surface area contributed by atoms with Crippen LogP contribution in [0.2, 0.25) is 0 Å². The van der Waals surface area contributed by atoms with E-state index in [1.807, 2.05) is 43.9 Å². The Hall–Kier alpha value is -2.89. The van der Waals surface area contributed by atoms with Gasteiger partial charge in [-0.25, -0.2) is 9.37 Å². The number of hydrogen-bond donors (Lipinski definition) is 1. The molecule has 1 aromatic heterocycles. The Kier molecular flexibility index (Phi) is 10.3. The van der Waals surface area contributed by atoms with Crippen molar-refractivity contribution in [3.63, 3.8) is 0 Å². The molecule has 0 saturated carbocycles. The second-order valence-electron chi connectivity index (χ2n) is 9.53. The number of allylic oxidation sites excluding steroid dienone is 9. The Bertz CT molecular complexity index is 1160. The number of carbonyl (C=O) groups is 1. The van der Waals surface area contributed by atoms with E-state index < -0.39 is 0 Å². The zero-order valence-corrected chi connectivity index (χ0v) is 22.5. The summed E-state index contributed by atoms with van der Waals surface area (Å²) in [6.07, 6.45) is 19.8. The van der Waals surface area contributed by atoms with Crippen LogP contribution in [-0.4, -0.2) is 15.5 Å². The van der Waals surface area contributed by atoms with E-state index in [4.69, 9.17) is 0 Å². The summed E-state index contributed by atoms with van der Waals surface area (Å²) >= 11 is 0. The summed E-state index contributed by atoms with van der Waals surface area (Å²) in [5, 5.41) is 2.73. The number of aromatic nitrogens is 2. The quantitative estimate of drug-likeness (QED) is 0.307. The molecule has 1 aliphatic carbocycles. The van der Waals surface area contributed by atoms with Crippen LogP contribution in [0.4, 0.5) is 10.1 Å². The molecule has 35 heavy (non-hydrogen) atoms. The molecule has 0 aliphatic heterocycles. The monoisotopic (exact) mass is 512 g/mol. The molecule has 1 atom stereocenters. The molecule has 1 aromatic carbocycles. The second-order valence-corrected chi connectivity index (χ2v) is 9.53. The maximum absolute atomic E-state index is 13.0. The topological polar surface area (TPSA) is 46.9 Å². The van der Waals surface area contributed by atoms with E-state index in [9.17, 15) is 9.18 Å². The molecule has 0 spiro atoms. The Morgan fingerprint density at radius 2 is 1.91 bits per heavy atom. The normalized spacial score (nSPS) is 18.7. The van der Waals surface area contributed by atoms with Gasteiger partial charge in [-0.2, -0.15) is 0 Å². The first-order valence-electron chi connectivity index (χ1n) is 11.6. The van der Waals surface area contributed by atoms with Gasteiger partial charge in [-0.15, -0.1) is 0 Å².